The number of thioether (sulfide) groups is 1. The second-order valence-corrected chi connectivity index (χ2v) is 7.15. The maximum Gasteiger partial charge on any atom is 0.340 e. The highest BCUT2D eigenvalue weighted by atomic mass is 32.2. The first kappa shape index (κ1) is 19.2. The van der Waals surface area contributed by atoms with Gasteiger partial charge in [-0.15, -0.1) is 28.1 Å². The van der Waals surface area contributed by atoms with Crippen LogP contribution in [0.3, 0.4) is 0 Å². The molecule has 0 aliphatic heterocycles. The van der Waals surface area contributed by atoms with Gasteiger partial charge in [0.25, 0.3) is 0 Å². The molecule has 0 saturated carbocycles. The Morgan fingerprint density at radius 3 is 2.88 bits per heavy atom. The summed E-state index contributed by atoms with van der Waals surface area (Å²) < 4.78 is 6.65. The first-order valence-corrected chi connectivity index (χ1v) is 9.44. The molecule has 2 aromatic rings. The summed E-state index contributed by atoms with van der Waals surface area (Å²) in [5.41, 5.74) is 0.383. The molecule has 0 unspecified atom stereocenters. The molecule has 0 saturated heterocycles. The van der Waals surface area contributed by atoms with Gasteiger partial charge in [0.2, 0.25) is 5.91 Å². The van der Waals surface area contributed by atoms with Crippen molar-refractivity contribution in [3.05, 3.63) is 35.0 Å². The van der Waals surface area contributed by atoms with Gasteiger partial charge in [-0.3, -0.25) is 4.79 Å². The van der Waals surface area contributed by atoms with E-state index in [9.17, 15) is 9.59 Å². The number of anilines is 1. The lowest BCUT2D eigenvalue weighted by atomic mass is 10.2. The van der Waals surface area contributed by atoms with Crippen LogP contribution in [0.25, 0.3) is 0 Å². The van der Waals surface area contributed by atoms with E-state index >= 15 is 0 Å². The molecule has 0 aromatic carbocycles. The number of ether oxygens (including phenoxy) is 1. The number of aryl methyl sites for hydroxylation is 2. The van der Waals surface area contributed by atoms with Crippen molar-refractivity contribution in [1.82, 2.24) is 14.8 Å². The maximum atomic E-state index is 12.3. The van der Waals surface area contributed by atoms with Crippen molar-refractivity contribution < 1.29 is 14.3 Å². The summed E-state index contributed by atoms with van der Waals surface area (Å²) >= 11 is 2.67. The fourth-order valence-corrected chi connectivity index (χ4v) is 3.86. The van der Waals surface area contributed by atoms with Crippen molar-refractivity contribution in [1.29, 1.82) is 0 Å². The number of methoxy groups -OCH3 is 1. The number of carbonyl (C=O) groups excluding carboxylic acids is 2. The average molecular weight is 380 g/mol. The molecule has 0 radical (unpaired) electrons. The minimum atomic E-state index is -0.458. The highest BCUT2D eigenvalue weighted by Gasteiger charge is 2.18. The smallest absolute Gasteiger partial charge is 0.340 e. The fraction of sp³-hybridized carbons (Fsp3) is 0.375. The van der Waals surface area contributed by atoms with Crippen LogP contribution >= 0.6 is 23.1 Å². The number of aromatic nitrogens is 3. The molecule has 7 nitrogen and oxygen atoms in total. The van der Waals surface area contributed by atoms with E-state index in [1.165, 1.54) is 30.2 Å². The molecule has 1 amide bonds. The van der Waals surface area contributed by atoms with Crippen LogP contribution in [0.5, 0.6) is 0 Å². The molecular weight excluding hydrogens is 360 g/mol. The molecule has 0 atom stereocenters. The number of thiophene rings is 1. The third-order valence-electron chi connectivity index (χ3n) is 3.34. The Bertz CT molecular complexity index is 782. The Hall–Kier alpha value is -2.13. The number of carbonyl (C=O) groups is 2. The average Bonchev–Trinajstić information content (AvgIpc) is 3.17. The fourth-order valence-electron chi connectivity index (χ4n) is 2.07. The summed E-state index contributed by atoms with van der Waals surface area (Å²) in [6.07, 6.45) is 2.53. The molecule has 2 heterocycles. The van der Waals surface area contributed by atoms with Crippen molar-refractivity contribution in [2.24, 2.45) is 0 Å². The van der Waals surface area contributed by atoms with Gasteiger partial charge in [0.15, 0.2) is 5.16 Å². The minimum Gasteiger partial charge on any atom is -0.465 e. The third kappa shape index (κ3) is 4.70. The molecule has 25 heavy (non-hydrogen) atoms. The summed E-state index contributed by atoms with van der Waals surface area (Å²) in [6, 6.07) is 1.75. The summed E-state index contributed by atoms with van der Waals surface area (Å²) in [5, 5.41) is 12.0. The Kier molecular flexibility index (Phi) is 6.77. The van der Waals surface area contributed by atoms with Crippen molar-refractivity contribution in [2.75, 3.05) is 18.2 Å². The Morgan fingerprint density at radius 1 is 1.48 bits per heavy atom. The van der Waals surface area contributed by atoms with E-state index in [1.54, 1.807) is 12.1 Å². The lowest BCUT2D eigenvalue weighted by Gasteiger charge is -2.06. The molecule has 0 bridgehead atoms. The Labute approximate surface area is 154 Å². The van der Waals surface area contributed by atoms with Crippen LogP contribution in [0, 0.1) is 6.92 Å². The first-order chi connectivity index (χ1) is 12.0. The highest BCUT2D eigenvalue weighted by Crippen LogP contribution is 2.29. The van der Waals surface area contributed by atoms with E-state index in [4.69, 9.17) is 4.74 Å². The number of allylic oxidation sites excluding steroid dienone is 1. The van der Waals surface area contributed by atoms with Gasteiger partial charge in [0.1, 0.15) is 10.8 Å². The van der Waals surface area contributed by atoms with Gasteiger partial charge >= 0.3 is 5.97 Å². The zero-order chi connectivity index (χ0) is 18.4. The van der Waals surface area contributed by atoms with Gasteiger partial charge in [0, 0.05) is 11.4 Å². The zero-order valence-corrected chi connectivity index (χ0v) is 16.0. The van der Waals surface area contributed by atoms with E-state index in [2.05, 4.69) is 22.1 Å². The van der Waals surface area contributed by atoms with Gasteiger partial charge in [-0.1, -0.05) is 24.8 Å². The summed E-state index contributed by atoms with van der Waals surface area (Å²) in [6.45, 7) is 8.13. The standard InChI is InChI=1S/C16H20N4O3S2/c1-5-7-20-10(3)18-19-16(20)24-9-13(21)17-14-12(15(22)23-4)8-11(6-2)25-14/h5,8H,1,6-7,9H2,2-4H3,(H,17,21). The molecule has 9 heteroatoms. The van der Waals surface area contributed by atoms with E-state index in [0.29, 0.717) is 22.3 Å². The molecule has 0 spiro atoms. The second-order valence-electron chi connectivity index (χ2n) is 5.07. The normalized spacial score (nSPS) is 10.5. The van der Waals surface area contributed by atoms with E-state index < -0.39 is 5.97 Å². The van der Waals surface area contributed by atoms with Crippen molar-refractivity contribution in [3.63, 3.8) is 0 Å². The van der Waals surface area contributed by atoms with Crippen LogP contribution in [0.2, 0.25) is 0 Å². The van der Waals surface area contributed by atoms with E-state index in [1.807, 2.05) is 18.4 Å². The van der Waals surface area contributed by atoms with Crippen molar-refractivity contribution >= 4 is 40.0 Å². The number of hydrogen-bond acceptors (Lipinski definition) is 7. The van der Waals surface area contributed by atoms with Crippen molar-refractivity contribution in [3.8, 4) is 0 Å². The Balaban J connectivity index is 2.05. The van der Waals surface area contributed by atoms with Gasteiger partial charge < -0.3 is 14.6 Å². The lowest BCUT2D eigenvalue weighted by molar-refractivity contribution is -0.113. The summed E-state index contributed by atoms with van der Waals surface area (Å²) in [4.78, 5) is 25.1. The topological polar surface area (TPSA) is 86.1 Å². The molecule has 1 N–H and O–H groups in total. The van der Waals surface area contributed by atoms with E-state index in [-0.39, 0.29) is 11.7 Å². The molecular formula is C16H20N4O3S2. The zero-order valence-electron chi connectivity index (χ0n) is 14.4. The SMILES string of the molecule is C=CCn1c(C)nnc1SCC(=O)Nc1sc(CC)cc1C(=O)OC. The quantitative estimate of drug-likeness (QED) is 0.430. The van der Waals surface area contributed by atoms with Crippen molar-refractivity contribution in [2.45, 2.75) is 32.0 Å². The number of hydrogen-bond donors (Lipinski definition) is 1. The van der Waals surface area contributed by atoms with Crippen LogP contribution in [0.15, 0.2) is 23.9 Å². The number of nitrogens with zero attached hydrogens (tertiary/aromatic N) is 3. The monoisotopic (exact) mass is 380 g/mol. The first-order valence-electron chi connectivity index (χ1n) is 7.64. The van der Waals surface area contributed by atoms with Crippen LogP contribution in [-0.4, -0.2) is 39.5 Å². The number of amides is 1. The molecule has 0 aliphatic carbocycles. The predicted molar refractivity (Wildman–Crippen MR) is 99.3 cm³/mol. The highest BCUT2D eigenvalue weighted by molar-refractivity contribution is 7.99. The third-order valence-corrected chi connectivity index (χ3v) is 5.50. The second kappa shape index (κ2) is 8.82. The molecule has 2 rings (SSSR count). The summed E-state index contributed by atoms with van der Waals surface area (Å²) in [5.74, 6) is 0.252. The largest absolute Gasteiger partial charge is 0.465 e. The number of nitrogens with one attached hydrogen (secondary N) is 1. The van der Waals surface area contributed by atoms with Gasteiger partial charge in [-0.25, -0.2) is 4.79 Å². The number of rotatable bonds is 8. The van der Waals surface area contributed by atoms with E-state index in [0.717, 1.165) is 17.1 Å². The van der Waals surface area contributed by atoms with Crippen LogP contribution in [0.4, 0.5) is 5.00 Å². The maximum absolute atomic E-state index is 12.3. The molecule has 0 aliphatic rings. The Morgan fingerprint density at radius 2 is 2.24 bits per heavy atom. The molecule has 134 valence electrons. The van der Waals surface area contributed by atoms with Crippen LogP contribution in [-0.2, 0) is 22.5 Å². The summed E-state index contributed by atoms with van der Waals surface area (Å²) in [7, 11) is 1.32. The van der Waals surface area contributed by atoms with Gasteiger partial charge in [0.05, 0.1) is 18.4 Å². The minimum absolute atomic E-state index is 0.162. The van der Waals surface area contributed by atoms with Gasteiger partial charge in [-0.2, -0.15) is 0 Å². The van der Waals surface area contributed by atoms with Crippen LogP contribution < -0.4 is 5.32 Å². The molecule has 2 aromatic heterocycles. The lowest BCUT2D eigenvalue weighted by Crippen LogP contribution is -2.16. The van der Waals surface area contributed by atoms with Gasteiger partial charge in [-0.05, 0) is 19.4 Å². The predicted octanol–water partition coefficient (Wildman–Crippen LogP) is 2.91. The molecule has 0 fully saturated rings. The number of esters is 1. The van der Waals surface area contributed by atoms with Crippen LogP contribution in [0.1, 0.15) is 28.0 Å².